The minimum atomic E-state index is -0.458. The van der Waals surface area contributed by atoms with Crippen molar-refractivity contribution in [3.05, 3.63) is 29.3 Å². The van der Waals surface area contributed by atoms with Gasteiger partial charge in [0, 0.05) is 5.56 Å². The van der Waals surface area contributed by atoms with Gasteiger partial charge in [0.25, 0.3) is 0 Å². The van der Waals surface area contributed by atoms with Crippen molar-refractivity contribution in [1.82, 2.24) is 5.32 Å². The number of hydrogen-bond acceptors (Lipinski definition) is 3. The zero-order valence-corrected chi connectivity index (χ0v) is 8.37. The molecule has 0 saturated carbocycles. The highest BCUT2D eigenvalue weighted by Gasteiger charge is 2.47. The third-order valence-corrected chi connectivity index (χ3v) is 2.92. The number of fused-ring (bicyclic) bond motifs is 2. The second-order valence-corrected chi connectivity index (χ2v) is 4.07. The molecule has 0 bridgehead atoms. The van der Waals surface area contributed by atoms with Crippen molar-refractivity contribution in [2.24, 2.45) is 0 Å². The van der Waals surface area contributed by atoms with E-state index in [2.05, 4.69) is 5.32 Å². The highest BCUT2D eigenvalue weighted by atomic mass is 16.6. The van der Waals surface area contributed by atoms with Gasteiger partial charge in [-0.1, -0.05) is 12.1 Å². The first kappa shape index (κ1) is 8.59. The number of nitrogens with one attached hydrogen (secondary N) is 1. The zero-order valence-electron chi connectivity index (χ0n) is 8.37. The van der Waals surface area contributed by atoms with E-state index in [1.54, 1.807) is 0 Å². The van der Waals surface area contributed by atoms with Crippen LogP contribution in [0.4, 0.5) is 4.79 Å². The number of alkyl carbamates (subject to hydrolysis) is 1. The first-order chi connectivity index (χ1) is 7.20. The molecule has 1 aromatic carbocycles. The van der Waals surface area contributed by atoms with E-state index in [0.29, 0.717) is 13.2 Å². The van der Waals surface area contributed by atoms with Crippen LogP contribution >= 0.6 is 0 Å². The SMILES string of the molecule is Cc1ccc2c(c1)OCC21COC(=O)N1. The fraction of sp³-hybridized carbons (Fsp3) is 0.364. The molecule has 15 heavy (non-hydrogen) atoms. The van der Waals surface area contributed by atoms with E-state index in [1.165, 1.54) is 0 Å². The Morgan fingerprint density at radius 2 is 2.13 bits per heavy atom. The molecule has 4 nitrogen and oxygen atoms in total. The van der Waals surface area contributed by atoms with E-state index < -0.39 is 5.54 Å². The lowest BCUT2D eigenvalue weighted by molar-refractivity contribution is 0.167. The first-order valence-electron chi connectivity index (χ1n) is 4.88. The summed E-state index contributed by atoms with van der Waals surface area (Å²) < 4.78 is 10.5. The van der Waals surface area contributed by atoms with Crippen LogP contribution in [0.3, 0.4) is 0 Å². The molecule has 78 valence electrons. The predicted molar refractivity (Wildman–Crippen MR) is 52.8 cm³/mol. The Labute approximate surface area is 87.2 Å². The van der Waals surface area contributed by atoms with E-state index >= 15 is 0 Å². The third kappa shape index (κ3) is 1.11. The van der Waals surface area contributed by atoms with Crippen molar-refractivity contribution >= 4 is 6.09 Å². The van der Waals surface area contributed by atoms with Crippen LogP contribution in [0.1, 0.15) is 11.1 Å². The van der Waals surface area contributed by atoms with Crippen molar-refractivity contribution in [3.8, 4) is 5.75 Å². The number of amides is 1. The molecule has 1 unspecified atom stereocenters. The minimum absolute atomic E-state index is 0.349. The lowest BCUT2D eigenvalue weighted by Gasteiger charge is -2.17. The summed E-state index contributed by atoms with van der Waals surface area (Å²) in [6.07, 6.45) is -0.368. The molecule has 1 aromatic rings. The normalized spacial score (nSPS) is 27.1. The number of aryl methyl sites for hydroxylation is 1. The van der Waals surface area contributed by atoms with E-state index in [1.807, 2.05) is 25.1 Å². The summed E-state index contributed by atoms with van der Waals surface area (Å²) in [5, 5.41) is 2.82. The van der Waals surface area contributed by atoms with Crippen molar-refractivity contribution in [2.75, 3.05) is 13.2 Å². The van der Waals surface area contributed by atoms with Gasteiger partial charge < -0.3 is 14.8 Å². The number of ether oxygens (including phenoxy) is 2. The quantitative estimate of drug-likeness (QED) is 0.695. The van der Waals surface area contributed by atoms with Gasteiger partial charge in [-0.15, -0.1) is 0 Å². The van der Waals surface area contributed by atoms with Gasteiger partial charge in [-0.25, -0.2) is 4.79 Å². The van der Waals surface area contributed by atoms with Crippen LogP contribution in [0, 0.1) is 6.92 Å². The average Bonchev–Trinajstić information content (AvgIpc) is 2.73. The molecule has 1 atom stereocenters. The second kappa shape index (κ2) is 2.66. The summed E-state index contributed by atoms with van der Waals surface area (Å²) >= 11 is 0. The largest absolute Gasteiger partial charge is 0.490 e. The molecule has 1 spiro atoms. The summed E-state index contributed by atoms with van der Waals surface area (Å²) in [6, 6.07) is 5.99. The molecule has 1 fully saturated rings. The Hall–Kier alpha value is -1.71. The Morgan fingerprint density at radius 1 is 1.33 bits per heavy atom. The molecule has 2 aliphatic rings. The third-order valence-electron chi connectivity index (χ3n) is 2.92. The van der Waals surface area contributed by atoms with Crippen molar-refractivity contribution in [2.45, 2.75) is 12.5 Å². The van der Waals surface area contributed by atoms with Crippen LogP contribution in [0.2, 0.25) is 0 Å². The Kier molecular flexibility index (Phi) is 1.52. The summed E-state index contributed by atoms with van der Waals surface area (Å²) in [7, 11) is 0. The summed E-state index contributed by atoms with van der Waals surface area (Å²) in [5.41, 5.74) is 1.70. The zero-order chi connectivity index (χ0) is 10.5. The highest BCUT2D eigenvalue weighted by molar-refractivity contribution is 5.72. The van der Waals surface area contributed by atoms with Gasteiger partial charge in [0.05, 0.1) is 0 Å². The van der Waals surface area contributed by atoms with E-state index in [4.69, 9.17) is 9.47 Å². The molecule has 0 aliphatic carbocycles. The predicted octanol–water partition coefficient (Wildman–Crippen LogP) is 1.32. The van der Waals surface area contributed by atoms with Crippen LogP contribution in [0.15, 0.2) is 18.2 Å². The molecule has 4 heteroatoms. The molecular formula is C11H11NO3. The first-order valence-corrected chi connectivity index (χ1v) is 4.88. The maximum Gasteiger partial charge on any atom is 0.408 e. The van der Waals surface area contributed by atoms with Crippen LogP contribution in [0.25, 0.3) is 0 Å². The van der Waals surface area contributed by atoms with Gasteiger partial charge in [0.2, 0.25) is 0 Å². The van der Waals surface area contributed by atoms with Crippen LogP contribution in [0.5, 0.6) is 5.75 Å². The van der Waals surface area contributed by atoms with Crippen molar-refractivity contribution in [1.29, 1.82) is 0 Å². The molecule has 1 saturated heterocycles. The van der Waals surface area contributed by atoms with Crippen molar-refractivity contribution in [3.63, 3.8) is 0 Å². The Morgan fingerprint density at radius 3 is 2.87 bits per heavy atom. The van der Waals surface area contributed by atoms with Crippen LogP contribution in [-0.2, 0) is 10.3 Å². The molecule has 2 aliphatic heterocycles. The van der Waals surface area contributed by atoms with Crippen LogP contribution < -0.4 is 10.1 Å². The smallest absolute Gasteiger partial charge is 0.408 e. The number of rotatable bonds is 0. The number of carbonyl (C=O) groups excluding carboxylic acids is 1. The number of hydrogen-bond donors (Lipinski definition) is 1. The maximum atomic E-state index is 11.1. The van der Waals surface area contributed by atoms with Gasteiger partial charge >= 0.3 is 6.09 Å². The standard InChI is InChI=1S/C11H11NO3/c1-7-2-3-8-9(4-7)14-5-11(8)6-15-10(13)12-11/h2-4H,5-6H2,1H3,(H,12,13). The lowest BCUT2D eigenvalue weighted by atomic mass is 9.93. The maximum absolute atomic E-state index is 11.1. The Bertz CT molecular complexity index is 443. The molecule has 3 rings (SSSR count). The lowest BCUT2D eigenvalue weighted by Crippen LogP contribution is -2.41. The summed E-state index contributed by atoms with van der Waals surface area (Å²) in [6.45, 7) is 2.82. The fourth-order valence-corrected chi connectivity index (χ4v) is 2.10. The highest BCUT2D eigenvalue weighted by Crippen LogP contribution is 2.39. The second-order valence-electron chi connectivity index (χ2n) is 4.07. The number of cyclic esters (lactones) is 1. The van der Waals surface area contributed by atoms with Gasteiger partial charge in [-0.05, 0) is 18.6 Å². The van der Waals surface area contributed by atoms with Gasteiger partial charge in [-0.3, -0.25) is 0 Å². The topological polar surface area (TPSA) is 47.6 Å². The summed E-state index contributed by atoms with van der Waals surface area (Å²) in [5.74, 6) is 0.848. The molecule has 0 radical (unpaired) electrons. The molecule has 0 aromatic heterocycles. The molecule has 1 N–H and O–H groups in total. The fourth-order valence-electron chi connectivity index (χ4n) is 2.10. The van der Waals surface area contributed by atoms with Gasteiger partial charge in [0.1, 0.15) is 24.5 Å². The van der Waals surface area contributed by atoms with E-state index in [9.17, 15) is 4.79 Å². The van der Waals surface area contributed by atoms with E-state index in [0.717, 1.165) is 16.9 Å². The molecule has 2 heterocycles. The van der Waals surface area contributed by atoms with Crippen molar-refractivity contribution < 1.29 is 14.3 Å². The molecular weight excluding hydrogens is 194 g/mol. The monoisotopic (exact) mass is 205 g/mol. The minimum Gasteiger partial charge on any atom is -0.490 e. The van der Waals surface area contributed by atoms with Gasteiger partial charge in [-0.2, -0.15) is 0 Å². The molecule has 1 amide bonds. The average molecular weight is 205 g/mol. The number of carbonyl (C=O) groups is 1. The summed E-state index contributed by atoms with van der Waals surface area (Å²) in [4.78, 5) is 11.1. The van der Waals surface area contributed by atoms with Crippen LogP contribution in [-0.4, -0.2) is 19.3 Å². The van der Waals surface area contributed by atoms with Gasteiger partial charge in [0.15, 0.2) is 0 Å². The number of benzene rings is 1. The Balaban J connectivity index is 2.08. The van der Waals surface area contributed by atoms with E-state index in [-0.39, 0.29) is 6.09 Å².